The van der Waals surface area contributed by atoms with Crippen LogP contribution >= 0.6 is 22.9 Å². The van der Waals surface area contributed by atoms with Gasteiger partial charge in [0.2, 0.25) is 0 Å². The van der Waals surface area contributed by atoms with E-state index in [0.29, 0.717) is 38.5 Å². The molecule has 0 aliphatic rings. The summed E-state index contributed by atoms with van der Waals surface area (Å²) >= 11 is 7.67. The van der Waals surface area contributed by atoms with Gasteiger partial charge in [-0.1, -0.05) is 29.0 Å². The molecule has 1 amide bonds. The van der Waals surface area contributed by atoms with Crippen LogP contribution in [0.15, 0.2) is 59.2 Å². The van der Waals surface area contributed by atoms with Crippen LogP contribution in [0.25, 0.3) is 10.2 Å². The first-order valence-electron chi connectivity index (χ1n) is 8.72. The molecule has 4 aromatic rings. The molecule has 29 heavy (non-hydrogen) atoms. The summed E-state index contributed by atoms with van der Waals surface area (Å²) in [6, 6.07) is 14.2. The van der Waals surface area contributed by atoms with E-state index < -0.39 is 0 Å². The highest BCUT2D eigenvalue weighted by Gasteiger charge is 2.24. The molecular weight excluding hydrogens is 412 g/mol. The summed E-state index contributed by atoms with van der Waals surface area (Å²) in [4.78, 5) is 19.6. The van der Waals surface area contributed by atoms with Gasteiger partial charge in [0, 0.05) is 5.56 Å². The maximum absolute atomic E-state index is 13.4. The molecule has 6 nitrogen and oxygen atoms in total. The van der Waals surface area contributed by atoms with Gasteiger partial charge in [0.05, 0.1) is 36.8 Å². The Kier molecular flexibility index (Phi) is 5.42. The second-order valence-electron chi connectivity index (χ2n) is 6.12. The number of aromatic nitrogens is 1. The third-order valence-electron chi connectivity index (χ3n) is 4.36. The van der Waals surface area contributed by atoms with Crippen molar-refractivity contribution in [2.24, 2.45) is 0 Å². The fourth-order valence-electron chi connectivity index (χ4n) is 2.93. The van der Waals surface area contributed by atoms with Gasteiger partial charge >= 0.3 is 0 Å². The van der Waals surface area contributed by atoms with Gasteiger partial charge in [-0.15, -0.1) is 0 Å². The number of para-hydroxylation sites is 1. The molecule has 0 aliphatic carbocycles. The minimum Gasteiger partial charge on any atom is -0.493 e. The number of halogens is 1. The number of rotatable bonds is 6. The third kappa shape index (κ3) is 3.79. The van der Waals surface area contributed by atoms with E-state index in [9.17, 15) is 4.79 Å². The Balaban J connectivity index is 1.77. The molecule has 0 bridgehead atoms. The molecule has 0 atom stereocenters. The average molecular weight is 429 g/mol. The molecule has 0 saturated heterocycles. The van der Waals surface area contributed by atoms with E-state index in [2.05, 4.69) is 4.98 Å². The predicted octanol–water partition coefficient (Wildman–Crippen LogP) is 5.41. The number of fused-ring (bicyclic) bond motifs is 1. The summed E-state index contributed by atoms with van der Waals surface area (Å²) in [5, 5.41) is 1.07. The van der Waals surface area contributed by atoms with Crippen molar-refractivity contribution in [3.8, 4) is 11.5 Å². The van der Waals surface area contributed by atoms with Crippen LogP contribution in [0.4, 0.5) is 5.13 Å². The highest BCUT2D eigenvalue weighted by molar-refractivity contribution is 7.22. The third-order valence-corrected chi connectivity index (χ3v) is 5.71. The number of benzene rings is 2. The molecule has 0 spiro atoms. The van der Waals surface area contributed by atoms with E-state index in [1.807, 2.05) is 18.2 Å². The van der Waals surface area contributed by atoms with Gasteiger partial charge in [-0.2, -0.15) is 0 Å². The molecule has 0 unspecified atom stereocenters. The summed E-state index contributed by atoms with van der Waals surface area (Å²) in [6.07, 6.45) is 1.57. The lowest BCUT2D eigenvalue weighted by Crippen LogP contribution is -2.30. The Morgan fingerprint density at radius 3 is 2.66 bits per heavy atom. The quantitative estimate of drug-likeness (QED) is 0.411. The molecule has 8 heteroatoms. The van der Waals surface area contributed by atoms with E-state index in [1.165, 1.54) is 18.4 Å². The van der Waals surface area contributed by atoms with Gasteiger partial charge in [-0.3, -0.25) is 9.69 Å². The van der Waals surface area contributed by atoms with Crippen LogP contribution in [0.3, 0.4) is 0 Å². The molecule has 4 rings (SSSR count). The van der Waals surface area contributed by atoms with Gasteiger partial charge in [0.25, 0.3) is 5.91 Å². The molecule has 0 radical (unpaired) electrons. The molecule has 2 aromatic heterocycles. The first kappa shape index (κ1) is 19.3. The number of carbonyl (C=O) groups excluding carboxylic acids is 1. The van der Waals surface area contributed by atoms with E-state index >= 15 is 0 Å². The number of thiazole rings is 1. The van der Waals surface area contributed by atoms with Crippen molar-refractivity contribution in [1.29, 1.82) is 0 Å². The van der Waals surface area contributed by atoms with Crippen molar-refractivity contribution in [3.63, 3.8) is 0 Å². The molecule has 2 heterocycles. The Morgan fingerprint density at radius 1 is 1.14 bits per heavy atom. The van der Waals surface area contributed by atoms with Crippen LogP contribution in [0.5, 0.6) is 11.5 Å². The van der Waals surface area contributed by atoms with Crippen molar-refractivity contribution < 1.29 is 18.7 Å². The Bertz CT molecular complexity index is 1160. The number of hydrogen-bond acceptors (Lipinski definition) is 6. The second kappa shape index (κ2) is 8.14. The topological polar surface area (TPSA) is 64.8 Å². The van der Waals surface area contributed by atoms with Gasteiger partial charge in [-0.05, 0) is 42.5 Å². The van der Waals surface area contributed by atoms with Crippen molar-refractivity contribution >= 4 is 44.2 Å². The second-order valence-corrected chi connectivity index (χ2v) is 7.54. The van der Waals surface area contributed by atoms with Crippen molar-refractivity contribution in [2.45, 2.75) is 6.54 Å². The fourth-order valence-corrected chi connectivity index (χ4v) is 4.19. The van der Waals surface area contributed by atoms with E-state index in [0.717, 1.165) is 4.70 Å². The van der Waals surface area contributed by atoms with Gasteiger partial charge in [-0.25, -0.2) is 4.98 Å². The van der Waals surface area contributed by atoms with Gasteiger partial charge < -0.3 is 13.9 Å². The lowest BCUT2D eigenvalue weighted by Gasteiger charge is -2.19. The summed E-state index contributed by atoms with van der Waals surface area (Å²) in [7, 11) is 3.08. The smallest absolute Gasteiger partial charge is 0.260 e. The molecule has 0 aliphatic heterocycles. The molecule has 0 N–H and O–H groups in total. The SMILES string of the molecule is COc1ccc(C(=O)N(Cc2ccco2)c2nc3c(Cl)cccc3s2)cc1OC. The predicted molar refractivity (Wildman–Crippen MR) is 113 cm³/mol. The summed E-state index contributed by atoms with van der Waals surface area (Å²) in [5.41, 5.74) is 1.11. The zero-order valence-electron chi connectivity index (χ0n) is 15.7. The highest BCUT2D eigenvalue weighted by atomic mass is 35.5. The zero-order valence-corrected chi connectivity index (χ0v) is 17.3. The number of anilines is 1. The fraction of sp³-hybridized carbons (Fsp3) is 0.143. The van der Waals surface area contributed by atoms with Crippen LogP contribution < -0.4 is 14.4 Å². The normalized spacial score (nSPS) is 10.9. The minimum atomic E-state index is -0.238. The minimum absolute atomic E-state index is 0.234. The first-order valence-corrected chi connectivity index (χ1v) is 9.91. The number of hydrogen-bond donors (Lipinski definition) is 0. The number of furan rings is 1. The highest BCUT2D eigenvalue weighted by Crippen LogP contribution is 2.35. The largest absolute Gasteiger partial charge is 0.493 e. The van der Waals surface area contributed by atoms with Crippen LogP contribution in [-0.2, 0) is 6.54 Å². The summed E-state index contributed by atoms with van der Waals surface area (Å²) in [6.45, 7) is 0.234. The monoisotopic (exact) mass is 428 g/mol. The molecular formula is C21H17ClN2O4S. The molecule has 148 valence electrons. The maximum Gasteiger partial charge on any atom is 0.260 e. The number of carbonyl (C=O) groups is 1. The number of methoxy groups -OCH3 is 2. The number of ether oxygens (including phenoxy) is 2. The molecule has 0 fully saturated rings. The van der Waals surface area contributed by atoms with Crippen LogP contribution in [0, 0.1) is 0 Å². The van der Waals surface area contributed by atoms with Crippen molar-refractivity contribution in [2.75, 3.05) is 19.1 Å². The van der Waals surface area contributed by atoms with E-state index in [4.69, 9.17) is 25.5 Å². The van der Waals surface area contributed by atoms with Gasteiger partial charge in [0.15, 0.2) is 16.6 Å². The van der Waals surface area contributed by atoms with E-state index in [1.54, 1.807) is 48.6 Å². The van der Waals surface area contributed by atoms with Crippen molar-refractivity contribution in [3.05, 3.63) is 71.1 Å². The van der Waals surface area contributed by atoms with Crippen LogP contribution in [-0.4, -0.2) is 25.1 Å². The molecule has 2 aromatic carbocycles. The van der Waals surface area contributed by atoms with Crippen LogP contribution in [0.1, 0.15) is 16.1 Å². The maximum atomic E-state index is 13.4. The first-order chi connectivity index (χ1) is 14.1. The lowest BCUT2D eigenvalue weighted by atomic mass is 10.1. The Hall–Kier alpha value is -3.03. The molecule has 0 saturated carbocycles. The lowest BCUT2D eigenvalue weighted by molar-refractivity contribution is 0.0983. The Morgan fingerprint density at radius 2 is 1.97 bits per heavy atom. The number of nitrogens with zero attached hydrogens (tertiary/aromatic N) is 2. The number of amides is 1. The summed E-state index contributed by atoms with van der Waals surface area (Å²) in [5.74, 6) is 1.43. The zero-order chi connectivity index (χ0) is 20.4. The summed E-state index contributed by atoms with van der Waals surface area (Å²) < 4.78 is 17.0. The van der Waals surface area contributed by atoms with Gasteiger partial charge in [0.1, 0.15) is 11.3 Å². The average Bonchev–Trinajstić information content (AvgIpc) is 3.41. The Labute approximate surface area is 176 Å². The van der Waals surface area contributed by atoms with Crippen molar-refractivity contribution in [1.82, 2.24) is 4.98 Å². The van der Waals surface area contributed by atoms with Crippen LogP contribution in [0.2, 0.25) is 5.02 Å². The standard InChI is InChI=1S/C21H17ClN2O4S/c1-26-16-9-8-13(11-17(16)27-2)20(25)24(12-14-5-4-10-28-14)21-23-19-15(22)6-3-7-18(19)29-21/h3-11H,12H2,1-2H3. The van der Waals surface area contributed by atoms with E-state index in [-0.39, 0.29) is 12.5 Å².